The van der Waals surface area contributed by atoms with E-state index in [0.717, 1.165) is 12.2 Å². The standard InChI is InChI=1S/C10H22N2O2S/c1-8(7-14-2)6-12-10(13)9(11)4-5-15-3/h8-9H,4-7,11H2,1-3H3,(H,12,13)/t8?,9-/m1/s1. The van der Waals surface area contributed by atoms with Gasteiger partial charge in [-0.1, -0.05) is 6.92 Å². The maximum atomic E-state index is 11.5. The molecule has 0 aliphatic rings. The molecule has 0 aliphatic carbocycles. The van der Waals surface area contributed by atoms with E-state index in [1.165, 1.54) is 0 Å². The van der Waals surface area contributed by atoms with E-state index in [2.05, 4.69) is 5.32 Å². The fourth-order valence-corrected chi connectivity index (χ4v) is 1.61. The lowest BCUT2D eigenvalue weighted by Gasteiger charge is -2.14. The van der Waals surface area contributed by atoms with Crippen LogP contribution in [0.3, 0.4) is 0 Å². The molecule has 2 atom stereocenters. The second-order valence-corrected chi connectivity index (χ2v) is 4.68. The molecule has 1 amide bonds. The highest BCUT2D eigenvalue weighted by Crippen LogP contribution is 1.99. The summed E-state index contributed by atoms with van der Waals surface area (Å²) in [6.45, 7) is 3.30. The summed E-state index contributed by atoms with van der Waals surface area (Å²) in [7, 11) is 1.66. The Morgan fingerprint density at radius 2 is 2.27 bits per heavy atom. The van der Waals surface area contributed by atoms with Crippen molar-refractivity contribution in [1.82, 2.24) is 5.32 Å². The van der Waals surface area contributed by atoms with Crippen molar-refractivity contribution in [1.29, 1.82) is 0 Å². The summed E-state index contributed by atoms with van der Waals surface area (Å²) in [6, 6.07) is -0.382. The second kappa shape index (κ2) is 9.00. The van der Waals surface area contributed by atoms with Crippen LogP contribution in [0.15, 0.2) is 0 Å². The summed E-state index contributed by atoms with van der Waals surface area (Å²) in [6.07, 6.45) is 2.73. The van der Waals surface area contributed by atoms with Gasteiger partial charge in [-0.2, -0.15) is 11.8 Å². The fourth-order valence-electron chi connectivity index (χ4n) is 1.13. The SMILES string of the molecule is COCC(C)CNC(=O)[C@H](N)CCSC. The van der Waals surface area contributed by atoms with E-state index in [4.69, 9.17) is 10.5 Å². The number of carbonyl (C=O) groups is 1. The van der Waals surface area contributed by atoms with Crippen molar-refractivity contribution in [3.63, 3.8) is 0 Å². The third-order valence-electron chi connectivity index (χ3n) is 2.05. The van der Waals surface area contributed by atoms with Gasteiger partial charge in [-0.25, -0.2) is 0 Å². The highest BCUT2D eigenvalue weighted by molar-refractivity contribution is 7.98. The molecule has 0 fully saturated rings. The highest BCUT2D eigenvalue weighted by Gasteiger charge is 2.13. The molecule has 4 nitrogen and oxygen atoms in total. The molecule has 0 heterocycles. The minimum Gasteiger partial charge on any atom is -0.384 e. The van der Waals surface area contributed by atoms with Crippen molar-refractivity contribution in [2.24, 2.45) is 11.7 Å². The molecule has 0 aliphatic heterocycles. The Kier molecular flexibility index (Phi) is 8.85. The molecule has 0 aromatic rings. The van der Waals surface area contributed by atoms with Gasteiger partial charge in [-0.15, -0.1) is 0 Å². The van der Waals surface area contributed by atoms with Crippen LogP contribution in [0.2, 0.25) is 0 Å². The Morgan fingerprint density at radius 1 is 1.60 bits per heavy atom. The lowest BCUT2D eigenvalue weighted by molar-refractivity contribution is -0.122. The molecule has 1 unspecified atom stereocenters. The molecule has 0 radical (unpaired) electrons. The normalized spacial score (nSPS) is 14.7. The number of rotatable bonds is 8. The van der Waals surface area contributed by atoms with Gasteiger partial charge in [0.2, 0.25) is 5.91 Å². The average Bonchev–Trinajstić information content (AvgIpc) is 2.22. The monoisotopic (exact) mass is 234 g/mol. The van der Waals surface area contributed by atoms with Gasteiger partial charge in [0, 0.05) is 13.7 Å². The number of nitrogens with two attached hydrogens (primary N) is 1. The Balaban J connectivity index is 3.63. The van der Waals surface area contributed by atoms with Gasteiger partial charge in [-0.3, -0.25) is 4.79 Å². The third kappa shape index (κ3) is 7.64. The first-order valence-corrected chi connectivity index (χ1v) is 6.52. The maximum absolute atomic E-state index is 11.5. The lowest BCUT2D eigenvalue weighted by atomic mass is 10.2. The molecule has 15 heavy (non-hydrogen) atoms. The van der Waals surface area contributed by atoms with E-state index in [9.17, 15) is 4.79 Å². The lowest BCUT2D eigenvalue weighted by Crippen LogP contribution is -2.42. The van der Waals surface area contributed by atoms with E-state index >= 15 is 0 Å². The summed E-state index contributed by atoms with van der Waals surface area (Å²) in [4.78, 5) is 11.5. The van der Waals surface area contributed by atoms with Crippen LogP contribution in [0.25, 0.3) is 0 Å². The number of nitrogens with one attached hydrogen (secondary N) is 1. The number of carbonyl (C=O) groups excluding carboxylic acids is 1. The van der Waals surface area contributed by atoms with Crippen LogP contribution < -0.4 is 11.1 Å². The van der Waals surface area contributed by atoms with Gasteiger partial charge in [-0.05, 0) is 24.3 Å². The Morgan fingerprint density at radius 3 is 2.80 bits per heavy atom. The molecule has 0 saturated heterocycles. The predicted molar refractivity (Wildman–Crippen MR) is 65.0 cm³/mol. The molecule has 3 N–H and O–H groups in total. The predicted octanol–water partition coefficient (Wildman–Crippen LogP) is 0.466. The smallest absolute Gasteiger partial charge is 0.236 e. The molecular weight excluding hydrogens is 212 g/mol. The van der Waals surface area contributed by atoms with Crippen molar-refractivity contribution in [3.05, 3.63) is 0 Å². The van der Waals surface area contributed by atoms with E-state index in [0.29, 0.717) is 19.1 Å². The first-order valence-electron chi connectivity index (χ1n) is 5.13. The van der Waals surface area contributed by atoms with Gasteiger partial charge in [0.15, 0.2) is 0 Å². The van der Waals surface area contributed by atoms with Crippen LogP contribution in [0.1, 0.15) is 13.3 Å². The van der Waals surface area contributed by atoms with E-state index in [-0.39, 0.29) is 11.9 Å². The van der Waals surface area contributed by atoms with Gasteiger partial charge in [0.05, 0.1) is 12.6 Å². The zero-order valence-electron chi connectivity index (χ0n) is 9.79. The van der Waals surface area contributed by atoms with Crippen molar-refractivity contribution >= 4 is 17.7 Å². The number of thioether (sulfide) groups is 1. The Labute approximate surface area is 96.3 Å². The van der Waals surface area contributed by atoms with Crippen molar-refractivity contribution in [3.8, 4) is 0 Å². The first kappa shape index (κ1) is 14.7. The molecule has 0 spiro atoms. The summed E-state index contributed by atoms with van der Waals surface area (Å²) in [5.41, 5.74) is 5.71. The number of methoxy groups -OCH3 is 1. The zero-order valence-corrected chi connectivity index (χ0v) is 10.6. The molecule has 0 bridgehead atoms. The number of hydrogen-bond acceptors (Lipinski definition) is 4. The molecule has 0 rings (SSSR count). The zero-order chi connectivity index (χ0) is 11.7. The second-order valence-electron chi connectivity index (χ2n) is 3.69. The van der Waals surface area contributed by atoms with Crippen molar-refractivity contribution in [2.75, 3.05) is 32.3 Å². The molecule has 0 saturated carbocycles. The van der Waals surface area contributed by atoms with Crippen LogP contribution in [0.4, 0.5) is 0 Å². The van der Waals surface area contributed by atoms with Crippen LogP contribution in [-0.4, -0.2) is 44.2 Å². The number of ether oxygens (including phenoxy) is 1. The number of hydrogen-bond donors (Lipinski definition) is 2. The van der Waals surface area contributed by atoms with Crippen molar-refractivity contribution < 1.29 is 9.53 Å². The van der Waals surface area contributed by atoms with Crippen LogP contribution in [0.5, 0.6) is 0 Å². The Bertz CT molecular complexity index is 179. The summed E-state index contributed by atoms with van der Waals surface area (Å²) >= 11 is 1.70. The van der Waals surface area contributed by atoms with Crippen LogP contribution in [-0.2, 0) is 9.53 Å². The highest BCUT2D eigenvalue weighted by atomic mass is 32.2. The van der Waals surface area contributed by atoms with E-state index < -0.39 is 0 Å². The van der Waals surface area contributed by atoms with Gasteiger partial charge in [0.25, 0.3) is 0 Å². The molecule has 0 aromatic heterocycles. The Hall–Kier alpha value is -0.260. The minimum absolute atomic E-state index is 0.0630. The molecule has 5 heteroatoms. The minimum atomic E-state index is -0.382. The average molecular weight is 234 g/mol. The van der Waals surface area contributed by atoms with Crippen LogP contribution >= 0.6 is 11.8 Å². The van der Waals surface area contributed by atoms with Gasteiger partial charge in [0.1, 0.15) is 0 Å². The molecule has 90 valence electrons. The fraction of sp³-hybridized carbons (Fsp3) is 0.900. The summed E-state index contributed by atoms with van der Waals surface area (Å²) in [5.74, 6) is 1.18. The largest absolute Gasteiger partial charge is 0.384 e. The summed E-state index contributed by atoms with van der Waals surface area (Å²) in [5, 5.41) is 2.82. The maximum Gasteiger partial charge on any atom is 0.236 e. The third-order valence-corrected chi connectivity index (χ3v) is 2.69. The first-order chi connectivity index (χ1) is 7.11. The van der Waals surface area contributed by atoms with Crippen molar-refractivity contribution in [2.45, 2.75) is 19.4 Å². The summed E-state index contributed by atoms with van der Waals surface area (Å²) < 4.78 is 4.98. The van der Waals surface area contributed by atoms with Crippen LogP contribution in [0, 0.1) is 5.92 Å². The van der Waals surface area contributed by atoms with E-state index in [1.54, 1.807) is 18.9 Å². The molecular formula is C10H22N2O2S. The quantitative estimate of drug-likeness (QED) is 0.640. The number of amides is 1. The molecule has 0 aromatic carbocycles. The van der Waals surface area contributed by atoms with Gasteiger partial charge >= 0.3 is 0 Å². The topological polar surface area (TPSA) is 64.3 Å². The van der Waals surface area contributed by atoms with Gasteiger partial charge < -0.3 is 15.8 Å². The van der Waals surface area contributed by atoms with E-state index in [1.807, 2.05) is 13.2 Å².